The molecule has 2 aromatic rings. The maximum atomic E-state index is 13.5. The second-order valence-corrected chi connectivity index (χ2v) is 6.84. The Morgan fingerprint density at radius 1 is 1.20 bits per heavy atom. The summed E-state index contributed by atoms with van der Waals surface area (Å²) in [6.07, 6.45) is -1.32. The summed E-state index contributed by atoms with van der Waals surface area (Å²) in [5.74, 6) is -2.16. The van der Waals surface area contributed by atoms with Gasteiger partial charge in [0.25, 0.3) is 5.91 Å². The van der Waals surface area contributed by atoms with Crippen molar-refractivity contribution < 1.29 is 23.5 Å². The molecule has 0 aliphatic rings. The highest BCUT2D eigenvalue weighted by molar-refractivity contribution is 7.18. The molecule has 0 saturated carbocycles. The van der Waals surface area contributed by atoms with Crippen LogP contribution in [0.5, 0.6) is 0 Å². The van der Waals surface area contributed by atoms with E-state index < -0.39 is 23.8 Å². The first kappa shape index (κ1) is 19.1. The monoisotopic (exact) mass is 383 g/mol. The van der Waals surface area contributed by atoms with E-state index in [0.29, 0.717) is 9.21 Å². The summed E-state index contributed by atoms with van der Waals surface area (Å²) >= 11 is 6.89. The molecule has 0 fully saturated rings. The normalized spacial score (nSPS) is 11.6. The van der Waals surface area contributed by atoms with E-state index in [9.17, 15) is 18.8 Å². The molecule has 1 aromatic carbocycles. The van der Waals surface area contributed by atoms with Crippen LogP contribution in [0.4, 0.5) is 10.1 Å². The van der Waals surface area contributed by atoms with Crippen molar-refractivity contribution in [3.63, 3.8) is 0 Å². The first-order valence-corrected chi connectivity index (χ1v) is 8.59. The standard InChI is InChI=1S/C17H15ClFNO4S/c1-10(17(23)20-12-5-3-2-4-11(12)19)24-16(22)9-6-13(21)14-7-8-15(18)25-14/h2-5,7-8,10H,6,9H2,1H3,(H,20,23)/t10-/m0/s1. The van der Waals surface area contributed by atoms with Gasteiger partial charge in [0.15, 0.2) is 11.9 Å². The third-order valence-corrected chi connectivity index (χ3v) is 4.49. The van der Waals surface area contributed by atoms with Gasteiger partial charge in [0.1, 0.15) is 5.82 Å². The molecule has 0 unspecified atom stereocenters. The Morgan fingerprint density at radius 2 is 1.92 bits per heavy atom. The van der Waals surface area contributed by atoms with E-state index in [0.717, 1.165) is 11.3 Å². The Labute approximate surface area is 152 Å². The average Bonchev–Trinajstić information content (AvgIpc) is 3.01. The van der Waals surface area contributed by atoms with Crippen LogP contribution in [0.15, 0.2) is 36.4 Å². The van der Waals surface area contributed by atoms with Crippen LogP contribution in [0.3, 0.4) is 0 Å². The molecule has 1 heterocycles. The van der Waals surface area contributed by atoms with Crippen molar-refractivity contribution in [1.82, 2.24) is 0 Å². The van der Waals surface area contributed by atoms with Gasteiger partial charge in [-0.15, -0.1) is 11.3 Å². The van der Waals surface area contributed by atoms with Crippen molar-refractivity contribution in [2.45, 2.75) is 25.9 Å². The number of carbonyl (C=O) groups is 3. The zero-order valence-corrected chi connectivity index (χ0v) is 14.8. The molecule has 0 aliphatic heterocycles. The number of hydrogen-bond donors (Lipinski definition) is 1. The van der Waals surface area contributed by atoms with Crippen molar-refractivity contribution in [3.05, 3.63) is 51.4 Å². The van der Waals surface area contributed by atoms with Gasteiger partial charge in [0.2, 0.25) is 0 Å². The van der Waals surface area contributed by atoms with Gasteiger partial charge in [0.05, 0.1) is 21.3 Å². The number of halogens is 2. The van der Waals surface area contributed by atoms with Crippen LogP contribution in [0.1, 0.15) is 29.4 Å². The lowest BCUT2D eigenvalue weighted by molar-refractivity contribution is -0.153. The molecule has 1 atom stereocenters. The van der Waals surface area contributed by atoms with E-state index in [2.05, 4.69) is 5.32 Å². The first-order valence-electron chi connectivity index (χ1n) is 7.40. The Hall–Kier alpha value is -2.25. The van der Waals surface area contributed by atoms with Crippen LogP contribution < -0.4 is 5.32 Å². The maximum Gasteiger partial charge on any atom is 0.307 e. The number of ether oxygens (including phenoxy) is 1. The molecule has 0 saturated heterocycles. The molecule has 0 radical (unpaired) electrons. The van der Waals surface area contributed by atoms with Gasteiger partial charge < -0.3 is 10.1 Å². The van der Waals surface area contributed by atoms with Crippen molar-refractivity contribution in [2.24, 2.45) is 0 Å². The van der Waals surface area contributed by atoms with Crippen molar-refractivity contribution in [1.29, 1.82) is 0 Å². The molecule has 0 spiro atoms. The Bertz CT molecular complexity index is 792. The second-order valence-electron chi connectivity index (χ2n) is 5.13. The summed E-state index contributed by atoms with van der Waals surface area (Å²) in [4.78, 5) is 36.0. The quantitative estimate of drug-likeness (QED) is 0.577. The van der Waals surface area contributed by atoms with Crippen LogP contribution in [-0.4, -0.2) is 23.8 Å². The molecule has 8 heteroatoms. The average molecular weight is 384 g/mol. The Morgan fingerprint density at radius 3 is 2.56 bits per heavy atom. The van der Waals surface area contributed by atoms with Gasteiger partial charge in [-0.1, -0.05) is 23.7 Å². The summed E-state index contributed by atoms with van der Waals surface area (Å²) in [6.45, 7) is 1.37. The lowest BCUT2D eigenvalue weighted by Gasteiger charge is -2.13. The van der Waals surface area contributed by atoms with Gasteiger partial charge in [-0.3, -0.25) is 14.4 Å². The summed E-state index contributed by atoms with van der Waals surface area (Å²) in [6, 6.07) is 8.85. The second kappa shape index (κ2) is 8.73. The molecular weight excluding hydrogens is 369 g/mol. The highest BCUT2D eigenvalue weighted by atomic mass is 35.5. The van der Waals surface area contributed by atoms with E-state index in [-0.39, 0.29) is 24.3 Å². The number of benzene rings is 1. The highest BCUT2D eigenvalue weighted by Crippen LogP contribution is 2.23. The number of para-hydroxylation sites is 1. The minimum atomic E-state index is -1.11. The number of rotatable bonds is 7. The fraction of sp³-hybridized carbons (Fsp3) is 0.235. The summed E-state index contributed by atoms with van der Waals surface area (Å²) in [7, 11) is 0. The van der Waals surface area contributed by atoms with E-state index in [1.54, 1.807) is 18.2 Å². The molecular formula is C17H15ClFNO4S. The number of hydrogen-bond acceptors (Lipinski definition) is 5. The van der Waals surface area contributed by atoms with E-state index >= 15 is 0 Å². The lowest BCUT2D eigenvalue weighted by Crippen LogP contribution is -2.30. The number of carbonyl (C=O) groups excluding carboxylic acids is 3. The minimum Gasteiger partial charge on any atom is -0.453 e. The van der Waals surface area contributed by atoms with E-state index in [4.69, 9.17) is 16.3 Å². The number of anilines is 1. The van der Waals surface area contributed by atoms with Gasteiger partial charge >= 0.3 is 5.97 Å². The zero-order valence-electron chi connectivity index (χ0n) is 13.3. The third kappa shape index (κ3) is 5.65. The van der Waals surface area contributed by atoms with Gasteiger partial charge in [-0.25, -0.2) is 4.39 Å². The highest BCUT2D eigenvalue weighted by Gasteiger charge is 2.20. The fourth-order valence-corrected chi connectivity index (χ4v) is 2.92. The van der Waals surface area contributed by atoms with E-state index in [1.165, 1.54) is 25.1 Å². The Balaban J connectivity index is 1.80. The SMILES string of the molecule is C[C@H](OC(=O)CCC(=O)c1ccc(Cl)s1)C(=O)Nc1ccccc1F. The fourth-order valence-electron chi connectivity index (χ4n) is 1.91. The number of Topliss-reactive ketones (excluding diaryl/α,β-unsaturated/α-hetero) is 1. The molecule has 132 valence electrons. The van der Waals surface area contributed by atoms with Crippen LogP contribution in [0.25, 0.3) is 0 Å². The largest absolute Gasteiger partial charge is 0.453 e. The minimum absolute atomic E-state index is 0.000140. The number of ketones is 1. The molecule has 0 bridgehead atoms. The van der Waals surface area contributed by atoms with Crippen molar-refractivity contribution in [3.8, 4) is 0 Å². The van der Waals surface area contributed by atoms with Crippen molar-refractivity contribution >= 4 is 46.3 Å². The number of nitrogens with one attached hydrogen (secondary N) is 1. The Kier molecular flexibility index (Phi) is 6.66. The lowest BCUT2D eigenvalue weighted by atomic mass is 10.2. The maximum absolute atomic E-state index is 13.5. The zero-order chi connectivity index (χ0) is 18.4. The molecule has 0 aliphatic carbocycles. The van der Waals surface area contributed by atoms with E-state index in [1.807, 2.05) is 0 Å². The number of esters is 1. The van der Waals surface area contributed by atoms with Crippen LogP contribution >= 0.6 is 22.9 Å². The number of thiophene rings is 1. The van der Waals surface area contributed by atoms with Crippen LogP contribution in [0.2, 0.25) is 4.34 Å². The van der Waals surface area contributed by atoms with Gasteiger partial charge in [-0.05, 0) is 31.2 Å². The van der Waals surface area contributed by atoms with Crippen molar-refractivity contribution in [2.75, 3.05) is 5.32 Å². The molecule has 1 aromatic heterocycles. The predicted octanol–water partition coefficient (Wildman–Crippen LogP) is 4.07. The summed E-state index contributed by atoms with van der Waals surface area (Å²) in [5, 5.41) is 2.34. The number of amides is 1. The van der Waals surface area contributed by atoms with Crippen LogP contribution in [-0.2, 0) is 14.3 Å². The topological polar surface area (TPSA) is 72.5 Å². The molecule has 25 heavy (non-hydrogen) atoms. The summed E-state index contributed by atoms with van der Waals surface area (Å²) < 4.78 is 18.9. The molecule has 1 amide bonds. The summed E-state index contributed by atoms with van der Waals surface area (Å²) in [5.41, 5.74) is 0.000140. The first-order chi connectivity index (χ1) is 11.9. The van der Waals surface area contributed by atoms with Gasteiger partial charge in [0, 0.05) is 6.42 Å². The van der Waals surface area contributed by atoms with Gasteiger partial charge in [-0.2, -0.15) is 0 Å². The third-order valence-electron chi connectivity index (χ3n) is 3.21. The molecule has 2 rings (SSSR count). The molecule has 5 nitrogen and oxygen atoms in total. The predicted molar refractivity (Wildman–Crippen MR) is 93.5 cm³/mol. The molecule has 1 N–H and O–H groups in total. The van der Waals surface area contributed by atoms with Crippen LogP contribution in [0, 0.1) is 5.82 Å². The smallest absolute Gasteiger partial charge is 0.307 e.